The van der Waals surface area contributed by atoms with Crippen LogP contribution in [0.15, 0.2) is 0 Å². The smallest absolute Gasteiger partial charge is 0.228 e. The largest absolute Gasteiger partial charge is 0.396 e. The summed E-state index contributed by atoms with van der Waals surface area (Å²) in [5.74, 6) is 0.588. The molecule has 0 bridgehead atoms. The number of carbonyl (C=O) groups is 1. The third-order valence-corrected chi connectivity index (χ3v) is 3.65. The summed E-state index contributed by atoms with van der Waals surface area (Å²) in [7, 11) is 0. The normalized spacial score (nSPS) is 35.9. The minimum Gasteiger partial charge on any atom is -0.396 e. The van der Waals surface area contributed by atoms with Crippen molar-refractivity contribution in [1.82, 2.24) is 4.90 Å². The second-order valence-corrected chi connectivity index (χ2v) is 5.33. The van der Waals surface area contributed by atoms with E-state index in [0.29, 0.717) is 12.0 Å². The van der Waals surface area contributed by atoms with Crippen LogP contribution in [0.3, 0.4) is 0 Å². The van der Waals surface area contributed by atoms with E-state index in [1.54, 1.807) is 0 Å². The van der Waals surface area contributed by atoms with Gasteiger partial charge in [-0.3, -0.25) is 4.79 Å². The van der Waals surface area contributed by atoms with E-state index in [1.165, 1.54) is 0 Å². The van der Waals surface area contributed by atoms with Gasteiger partial charge in [-0.2, -0.15) is 0 Å². The molecule has 0 aliphatic carbocycles. The van der Waals surface area contributed by atoms with Crippen molar-refractivity contribution in [2.24, 2.45) is 11.3 Å². The Morgan fingerprint density at radius 1 is 1.50 bits per heavy atom. The second kappa shape index (κ2) is 3.23. The molecule has 0 saturated carbocycles. The van der Waals surface area contributed by atoms with Gasteiger partial charge in [0.05, 0.1) is 0 Å². The van der Waals surface area contributed by atoms with Crippen molar-refractivity contribution >= 4 is 5.91 Å². The third kappa shape index (κ3) is 1.44. The topological polar surface area (TPSA) is 40.5 Å². The van der Waals surface area contributed by atoms with Crippen molar-refractivity contribution in [3.8, 4) is 0 Å². The van der Waals surface area contributed by atoms with Crippen molar-refractivity contribution in [3.05, 3.63) is 0 Å². The zero-order chi connectivity index (χ0) is 10.3. The summed E-state index contributed by atoms with van der Waals surface area (Å²) in [6.45, 7) is 5.05. The second-order valence-electron chi connectivity index (χ2n) is 5.33. The standard InChI is InChI=1S/C11H19NO2/c1-11(2)5-9-4-3-8(7-13)6-12(9)10(11)14/h8-9,13H,3-7H2,1-2H3/t8-,9+/m1/s1. The van der Waals surface area contributed by atoms with Gasteiger partial charge in [0.25, 0.3) is 0 Å². The van der Waals surface area contributed by atoms with Crippen LogP contribution in [0.2, 0.25) is 0 Å². The highest BCUT2D eigenvalue weighted by molar-refractivity contribution is 5.84. The predicted octanol–water partition coefficient (Wildman–Crippen LogP) is 1.02. The Hall–Kier alpha value is -0.570. The predicted molar refractivity (Wildman–Crippen MR) is 53.7 cm³/mol. The van der Waals surface area contributed by atoms with E-state index in [9.17, 15) is 4.79 Å². The van der Waals surface area contributed by atoms with E-state index in [1.807, 2.05) is 18.7 Å². The number of aliphatic hydroxyl groups excluding tert-OH is 1. The fourth-order valence-electron chi connectivity index (χ4n) is 2.78. The molecule has 3 nitrogen and oxygen atoms in total. The average Bonchev–Trinajstić information content (AvgIpc) is 2.38. The summed E-state index contributed by atoms with van der Waals surface area (Å²) in [4.78, 5) is 14.0. The number of hydrogen-bond acceptors (Lipinski definition) is 2. The van der Waals surface area contributed by atoms with E-state index in [-0.39, 0.29) is 17.9 Å². The first-order valence-electron chi connectivity index (χ1n) is 5.46. The first-order chi connectivity index (χ1) is 6.54. The Morgan fingerprint density at radius 2 is 2.21 bits per heavy atom. The van der Waals surface area contributed by atoms with Gasteiger partial charge in [-0.25, -0.2) is 0 Å². The number of carbonyl (C=O) groups excluding carboxylic acids is 1. The Morgan fingerprint density at radius 3 is 2.86 bits per heavy atom. The van der Waals surface area contributed by atoms with Gasteiger partial charge in [0, 0.05) is 24.6 Å². The lowest BCUT2D eigenvalue weighted by Crippen LogP contribution is -2.43. The van der Waals surface area contributed by atoms with Crippen LogP contribution in [0.5, 0.6) is 0 Å². The summed E-state index contributed by atoms with van der Waals surface area (Å²) < 4.78 is 0. The van der Waals surface area contributed by atoms with E-state index in [0.717, 1.165) is 25.8 Å². The van der Waals surface area contributed by atoms with Crippen LogP contribution in [-0.4, -0.2) is 35.1 Å². The lowest BCUT2D eigenvalue weighted by Gasteiger charge is -2.34. The Bertz CT molecular complexity index is 250. The minimum absolute atomic E-state index is 0.172. The molecule has 2 aliphatic rings. The van der Waals surface area contributed by atoms with E-state index >= 15 is 0 Å². The maximum Gasteiger partial charge on any atom is 0.228 e. The highest BCUT2D eigenvalue weighted by Crippen LogP contribution is 2.40. The Kier molecular flexibility index (Phi) is 2.30. The molecule has 0 spiro atoms. The molecule has 0 aromatic carbocycles. The quantitative estimate of drug-likeness (QED) is 0.681. The molecule has 2 atom stereocenters. The van der Waals surface area contributed by atoms with Crippen LogP contribution in [0.1, 0.15) is 33.1 Å². The van der Waals surface area contributed by atoms with Crippen LogP contribution in [0, 0.1) is 11.3 Å². The van der Waals surface area contributed by atoms with E-state index in [4.69, 9.17) is 5.11 Å². The summed E-state index contributed by atoms with van der Waals surface area (Å²) >= 11 is 0. The molecule has 1 N–H and O–H groups in total. The molecule has 80 valence electrons. The third-order valence-electron chi connectivity index (χ3n) is 3.65. The molecule has 3 heteroatoms. The van der Waals surface area contributed by atoms with Gasteiger partial charge in [0.1, 0.15) is 0 Å². The molecule has 2 heterocycles. The zero-order valence-electron chi connectivity index (χ0n) is 8.99. The SMILES string of the molecule is CC1(C)C[C@@H]2CC[C@@H](CO)CN2C1=O. The van der Waals surface area contributed by atoms with Gasteiger partial charge < -0.3 is 10.0 Å². The minimum atomic E-state index is -0.172. The molecule has 2 fully saturated rings. The van der Waals surface area contributed by atoms with Gasteiger partial charge >= 0.3 is 0 Å². The molecule has 0 unspecified atom stereocenters. The van der Waals surface area contributed by atoms with Crippen molar-refractivity contribution in [1.29, 1.82) is 0 Å². The monoisotopic (exact) mass is 197 g/mol. The molecule has 14 heavy (non-hydrogen) atoms. The lowest BCUT2D eigenvalue weighted by atomic mass is 9.87. The molecule has 1 amide bonds. The van der Waals surface area contributed by atoms with E-state index in [2.05, 4.69) is 0 Å². The van der Waals surface area contributed by atoms with Gasteiger partial charge in [0.15, 0.2) is 0 Å². The number of piperidine rings is 1. The number of amides is 1. The van der Waals surface area contributed by atoms with Gasteiger partial charge in [0.2, 0.25) is 5.91 Å². The molecule has 0 aromatic heterocycles. The Balaban J connectivity index is 2.11. The van der Waals surface area contributed by atoms with E-state index < -0.39 is 0 Å². The summed E-state index contributed by atoms with van der Waals surface area (Å²) in [6, 6.07) is 0.445. The Labute approximate surface area is 85.1 Å². The van der Waals surface area contributed by atoms with Gasteiger partial charge in [-0.1, -0.05) is 13.8 Å². The number of fused-ring (bicyclic) bond motifs is 1. The van der Waals surface area contributed by atoms with Gasteiger partial charge in [-0.05, 0) is 25.2 Å². The van der Waals surface area contributed by atoms with Crippen molar-refractivity contribution in [3.63, 3.8) is 0 Å². The maximum absolute atomic E-state index is 12.0. The molecular weight excluding hydrogens is 178 g/mol. The average molecular weight is 197 g/mol. The zero-order valence-corrected chi connectivity index (χ0v) is 8.99. The molecule has 2 aliphatic heterocycles. The van der Waals surface area contributed by atoms with Crippen molar-refractivity contribution in [2.75, 3.05) is 13.2 Å². The summed E-state index contributed by atoms with van der Waals surface area (Å²) in [5.41, 5.74) is -0.172. The highest BCUT2D eigenvalue weighted by atomic mass is 16.3. The fourth-order valence-corrected chi connectivity index (χ4v) is 2.78. The number of hydrogen-bond donors (Lipinski definition) is 1. The van der Waals surface area contributed by atoms with Gasteiger partial charge in [-0.15, -0.1) is 0 Å². The van der Waals surface area contributed by atoms with Crippen LogP contribution >= 0.6 is 0 Å². The first-order valence-corrected chi connectivity index (χ1v) is 5.46. The number of aliphatic hydroxyl groups is 1. The van der Waals surface area contributed by atoms with Crippen LogP contribution in [0.25, 0.3) is 0 Å². The number of nitrogens with zero attached hydrogens (tertiary/aromatic N) is 1. The molecule has 0 radical (unpaired) electrons. The van der Waals surface area contributed by atoms with Crippen LogP contribution in [-0.2, 0) is 4.79 Å². The maximum atomic E-state index is 12.0. The van der Waals surface area contributed by atoms with Crippen LogP contribution in [0.4, 0.5) is 0 Å². The summed E-state index contributed by atoms with van der Waals surface area (Å²) in [5, 5.41) is 9.09. The fraction of sp³-hybridized carbons (Fsp3) is 0.909. The van der Waals surface area contributed by atoms with Crippen molar-refractivity contribution < 1.29 is 9.90 Å². The molecule has 2 rings (SSSR count). The highest BCUT2D eigenvalue weighted by Gasteiger charge is 2.47. The van der Waals surface area contributed by atoms with Crippen LogP contribution < -0.4 is 0 Å². The number of rotatable bonds is 1. The lowest BCUT2D eigenvalue weighted by molar-refractivity contribution is -0.137. The molecular formula is C11H19NO2. The molecule has 2 saturated heterocycles. The summed E-state index contributed by atoms with van der Waals surface area (Å²) in [6.07, 6.45) is 3.13. The van der Waals surface area contributed by atoms with Crippen molar-refractivity contribution in [2.45, 2.75) is 39.2 Å². The first kappa shape index (κ1) is 9.97. The molecule has 0 aromatic rings.